The van der Waals surface area contributed by atoms with Gasteiger partial charge >= 0.3 is 0 Å². The number of halogens is 1. The van der Waals surface area contributed by atoms with E-state index in [4.69, 9.17) is 0 Å². The third-order valence-corrected chi connectivity index (χ3v) is 3.32. The van der Waals surface area contributed by atoms with Crippen molar-refractivity contribution in [3.63, 3.8) is 0 Å². The highest BCUT2D eigenvalue weighted by Gasteiger charge is 2.07. The quantitative estimate of drug-likeness (QED) is 0.878. The minimum absolute atomic E-state index is 0.494. The van der Waals surface area contributed by atoms with Gasteiger partial charge in [0.05, 0.1) is 0 Å². The molecule has 16 heavy (non-hydrogen) atoms. The fourth-order valence-corrected chi connectivity index (χ4v) is 2.18. The molecule has 0 spiro atoms. The number of benzene rings is 1. The lowest BCUT2D eigenvalue weighted by Gasteiger charge is -1.97. The zero-order valence-electron chi connectivity index (χ0n) is 9.07. The summed E-state index contributed by atoms with van der Waals surface area (Å²) in [6.45, 7) is 4.25. The predicted octanol–water partition coefficient (Wildman–Crippen LogP) is 3.73. The summed E-state index contributed by atoms with van der Waals surface area (Å²) in [6.07, 6.45) is 0. The Morgan fingerprint density at radius 2 is 1.94 bits per heavy atom. The fraction of sp³-hybridized carbons (Fsp3) is 0.273. The molecule has 0 saturated heterocycles. The lowest BCUT2D eigenvalue weighted by molar-refractivity contribution is 0.961. The average Bonchev–Trinajstić information content (AvgIpc) is 2.66. The number of nitrogens with zero attached hydrogens (tertiary/aromatic N) is 2. The highest BCUT2D eigenvalue weighted by molar-refractivity contribution is 9.10. The van der Waals surface area contributed by atoms with Gasteiger partial charge in [0, 0.05) is 15.3 Å². The van der Waals surface area contributed by atoms with Crippen LogP contribution in [0.4, 0.5) is 0 Å². The number of aromatic amines is 1. The molecular weight excluding hydrogens is 286 g/mol. The first-order chi connectivity index (χ1) is 7.65. The second-order valence-corrected chi connectivity index (χ2v) is 6.10. The summed E-state index contributed by atoms with van der Waals surface area (Å²) in [5.41, 5.74) is 1.05. The summed E-state index contributed by atoms with van der Waals surface area (Å²) in [6, 6.07) is 8.00. The van der Waals surface area contributed by atoms with E-state index in [1.54, 1.807) is 11.8 Å². The lowest BCUT2D eigenvalue weighted by Crippen LogP contribution is -1.87. The van der Waals surface area contributed by atoms with Crippen LogP contribution in [0.2, 0.25) is 0 Å². The predicted molar refractivity (Wildman–Crippen MR) is 70.5 cm³/mol. The summed E-state index contributed by atoms with van der Waals surface area (Å²) < 4.78 is 1.06. The van der Waals surface area contributed by atoms with Gasteiger partial charge in [-0.15, -0.1) is 5.10 Å². The van der Waals surface area contributed by atoms with Crippen molar-refractivity contribution in [2.45, 2.75) is 24.3 Å². The Balaban J connectivity index is 2.21. The van der Waals surface area contributed by atoms with E-state index >= 15 is 0 Å². The van der Waals surface area contributed by atoms with Crippen LogP contribution in [-0.2, 0) is 0 Å². The molecule has 0 aliphatic carbocycles. The number of aromatic nitrogens is 3. The standard InChI is InChI=1S/C11H12BrN3S/c1-7(2)16-11-13-10(14-15-11)8-3-5-9(12)6-4-8/h3-7H,1-2H3,(H,13,14,15). The third kappa shape index (κ3) is 2.86. The molecular formula is C11H12BrN3S. The van der Waals surface area contributed by atoms with Gasteiger partial charge in [0.25, 0.3) is 0 Å². The molecule has 2 rings (SSSR count). The van der Waals surface area contributed by atoms with Crippen molar-refractivity contribution in [3.8, 4) is 11.4 Å². The monoisotopic (exact) mass is 297 g/mol. The minimum Gasteiger partial charge on any atom is -0.258 e. The summed E-state index contributed by atoms with van der Waals surface area (Å²) in [7, 11) is 0. The smallest absolute Gasteiger partial charge is 0.208 e. The molecule has 0 unspecified atom stereocenters. The summed E-state index contributed by atoms with van der Waals surface area (Å²) in [5, 5.41) is 8.41. The van der Waals surface area contributed by atoms with Crippen LogP contribution in [0.1, 0.15) is 13.8 Å². The van der Waals surface area contributed by atoms with Crippen molar-refractivity contribution in [3.05, 3.63) is 28.7 Å². The van der Waals surface area contributed by atoms with Gasteiger partial charge in [-0.1, -0.05) is 53.7 Å². The zero-order chi connectivity index (χ0) is 11.5. The van der Waals surface area contributed by atoms with Gasteiger partial charge < -0.3 is 0 Å². The Kier molecular flexibility index (Phi) is 3.66. The number of H-pyrrole nitrogens is 1. The first kappa shape index (κ1) is 11.7. The molecule has 0 radical (unpaired) electrons. The molecule has 0 atom stereocenters. The maximum Gasteiger partial charge on any atom is 0.208 e. The summed E-state index contributed by atoms with van der Waals surface area (Å²) in [4.78, 5) is 4.43. The highest BCUT2D eigenvalue weighted by atomic mass is 79.9. The molecule has 84 valence electrons. The van der Waals surface area contributed by atoms with E-state index in [2.05, 4.69) is 45.0 Å². The third-order valence-electron chi connectivity index (χ3n) is 1.92. The van der Waals surface area contributed by atoms with E-state index in [0.29, 0.717) is 5.25 Å². The van der Waals surface area contributed by atoms with Crippen molar-refractivity contribution >= 4 is 27.7 Å². The molecule has 0 saturated carbocycles. The number of hydrogen-bond acceptors (Lipinski definition) is 3. The molecule has 1 aromatic heterocycles. The van der Waals surface area contributed by atoms with Gasteiger partial charge in [0.15, 0.2) is 5.82 Å². The van der Waals surface area contributed by atoms with E-state index in [1.165, 1.54) is 0 Å². The molecule has 5 heteroatoms. The molecule has 0 amide bonds. The van der Waals surface area contributed by atoms with Gasteiger partial charge in [-0.3, -0.25) is 5.10 Å². The number of thioether (sulfide) groups is 1. The van der Waals surface area contributed by atoms with Crippen LogP contribution in [0.15, 0.2) is 33.9 Å². The first-order valence-corrected chi connectivity index (χ1v) is 6.67. The van der Waals surface area contributed by atoms with Crippen molar-refractivity contribution < 1.29 is 0 Å². The van der Waals surface area contributed by atoms with Crippen molar-refractivity contribution in [1.29, 1.82) is 0 Å². The van der Waals surface area contributed by atoms with Crippen molar-refractivity contribution in [2.75, 3.05) is 0 Å². The normalized spacial score (nSPS) is 11.0. The van der Waals surface area contributed by atoms with Crippen LogP contribution in [0.5, 0.6) is 0 Å². The van der Waals surface area contributed by atoms with Crippen LogP contribution in [-0.4, -0.2) is 20.4 Å². The number of nitrogens with one attached hydrogen (secondary N) is 1. The largest absolute Gasteiger partial charge is 0.258 e. The van der Waals surface area contributed by atoms with Gasteiger partial charge in [-0.25, -0.2) is 4.98 Å². The summed E-state index contributed by atoms with van der Waals surface area (Å²) >= 11 is 5.06. The van der Waals surface area contributed by atoms with Crippen LogP contribution < -0.4 is 0 Å². The number of hydrogen-bond donors (Lipinski definition) is 1. The SMILES string of the molecule is CC(C)Sc1n[nH]c(-c2ccc(Br)cc2)n1. The second-order valence-electron chi connectivity index (χ2n) is 3.64. The highest BCUT2D eigenvalue weighted by Crippen LogP contribution is 2.23. The van der Waals surface area contributed by atoms with E-state index < -0.39 is 0 Å². The topological polar surface area (TPSA) is 41.6 Å². The summed E-state index contributed by atoms with van der Waals surface area (Å²) in [5.74, 6) is 0.815. The molecule has 3 nitrogen and oxygen atoms in total. The van der Waals surface area contributed by atoms with E-state index in [-0.39, 0.29) is 0 Å². The van der Waals surface area contributed by atoms with Gasteiger partial charge in [-0.05, 0) is 12.1 Å². The van der Waals surface area contributed by atoms with E-state index in [9.17, 15) is 0 Å². The van der Waals surface area contributed by atoms with Crippen molar-refractivity contribution in [1.82, 2.24) is 15.2 Å². The Labute approximate surface area is 107 Å². The Bertz CT molecular complexity index is 464. The second kappa shape index (κ2) is 5.01. The van der Waals surface area contributed by atoms with Crippen LogP contribution in [0.25, 0.3) is 11.4 Å². The molecule has 0 fully saturated rings. The van der Waals surface area contributed by atoms with Gasteiger partial charge in [0.2, 0.25) is 5.16 Å². The van der Waals surface area contributed by atoms with E-state index in [0.717, 1.165) is 21.0 Å². The van der Waals surface area contributed by atoms with Crippen molar-refractivity contribution in [2.24, 2.45) is 0 Å². The lowest BCUT2D eigenvalue weighted by atomic mass is 10.2. The Hall–Kier alpha value is -0.810. The Morgan fingerprint density at radius 1 is 1.25 bits per heavy atom. The number of rotatable bonds is 3. The average molecular weight is 298 g/mol. The van der Waals surface area contributed by atoms with E-state index in [1.807, 2.05) is 24.3 Å². The zero-order valence-corrected chi connectivity index (χ0v) is 11.5. The molecule has 1 N–H and O–H groups in total. The van der Waals surface area contributed by atoms with Gasteiger partial charge in [-0.2, -0.15) is 0 Å². The van der Waals surface area contributed by atoms with Crippen LogP contribution in [0.3, 0.4) is 0 Å². The first-order valence-electron chi connectivity index (χ1n) is 5.00. The molecule has 1 heterocycles. The van der Waals surface area contributed by atoms with Gasteiger partial charge in [0.1, 0.15) is 0 Å². The molecule has 0 aliphatic heterocycles. The fourth-order valence-electron chi connectivity index (χ4n) is 1.25. The maximum atomic E-state index is 4.43. The molecule has 0 bridgehead atoms. The molecule has 1 aromatic carbocycles. The Morgan fingerprint density at radius 3 is 2.56 bits per heavy atom. The molecule has 0 aliphatic rings. The minimum atomic E-state index is 0.494. The maximum absolute atomic E-state index is 4.43. The van der Waals surface area contributed by atoms with Crippen LogP contribution >= 0.6 is 27.7 Å². The molecule has 2 aromatic rings. The van der Waals surface area contributed by atoms with Crippen LogP contribution in [0, 0.1) is 0 Å².